The largest absolute Gasteiger partial charge is 0.317 e. The van der Waals surface area contributed by atoms with Crippen LogP contribution in [-0.4, -0.2) is 10.2 Å². The number of nitrogens with one attached hydrogen (secondary N) is 1. The van der Waals surface area contributed by atoms with Crippen LogP contribution in [-0.2, 0) is 17.6 Å². The molecule has 1 amide bonds. The van der Waals surface area contributed by atoms with Crippen molar-refractivity contribution in [2.45, 2.75) is 81.4 Å². The number of aryl methyl sites for hydroxylation is 1. The molecule has 3 nitrogen and oxygen atoms in total. The highest BCUT2D eigenvalue weighted by Gasteiger charge is 2.57. The normalized spacial score (nSPS) is 36.7. The number of anilines is 1. The van der Waals surface area contributed by atoms with Crippen LogP contribution in [0.5, 0.6) is 0 Å². The van der Waals surface area contributed by atoms with Crippen LogP contribution in [0.15, 0.2) is 0 Å². The fourth-order valence-electron chi connectivity index (χ4n) is 7.00. The molecule has 0 saturated heterocycles. The molecule has 4 fully saturated rings. The standard InChI is InChI=1S/C22H27BrN2OS/c23-22-9-14-6-15(10-22)8-21(7-14,13-22)11-19(26)25-20-17(12-24)16-4-2-1-3-5-18(16)27-20/h14-15H,1-11,13H2,(H,25,26)/t14-,15+,21?,22?. The van der Waals surface area contributed by atoms with Crippen LogP contribution >= 0.6 is 27.3 Å². The smallest absolute Gasteiger partial charge is 0.225 e. The minimum absolute atomic E-state index is 0.126. The molecule has 5 aliphatic rings. The van der Waals surface area contributed by atoms with Crippen molar-refractivity contribution < 1.29 is 4.79 Å². The van der Waals surface area contributed by atoms with E-state index in [0.29, 0.717) is 6.42 Å². The second-order valence-electron chi connectivity index (χ2n) is 9.72. The Labute approximate surface area is 174 Å². The Kier molecular flexibility index (Phi) is 4.44. The first-order valence-corrected chi connectivity index (χ1v) is 12.1. The molecule has 1 heterocycles. The second kappa shape index (κ2) is 6.59. The van der Waals surface area contributed by atoms with Crippen LogP contribution in [0.2, 0.25) is 0 Å². The van der Waals surface area contributed by atoms with Gasteiger partial charge in [0.1, 0.15) is 11.1 Å². The van der Waals surface area contributed by atoms with E-state index in [-0.39, 0.29) is 15.6 Å². The lowest BCUT2D eigenvalue weighted by Gasteiger charge is -2.60. The molecule has 6 rings (SSSR count). The highest BCUT2D eigenvalue weighted by Crippen LogP contribution is 2.65. The predicted molar refractivity (Wildman–Crippen MR) is 112 cm³/mol. The van der Waals surface area contributed by atoms with Gasteiger partial charge in [0.25, 0.3) is 0 Å². The second-order valence-corrected chi connectivity index (χ2v) is 12.5. The van der Waals surface area contributed by atoms with Gasteiger partial charge in [-0.1, -0.05) is 22.4 Å². The number of nitrogens with zero attached hydrogens (tertiary/aromatic N) is 1. The van der Waals surface area contributed by atoms with Gasteiger partial charge in [0, 0.05) is 15.6 Å². The molecular weight excluding hydrogens is 420 g/mol. The van der Waals surface area contributed by atoms with Crippen molar-refractivity contribution in [1.82, 2.24) is 0 Å². The summed E-state index contributed by atoms with van der Waals surface area (Å²) in [6.07, 6.45) is 13.8. The summed E-state index contributed by atoms with van der Waals surface area (Å²) in [5, 5.41) is 13.7. The molecule has 0 aromatic carbocycles. The Balaban J connectivity index is 1.34. The van der Waals surface area contributed by atoms with Crippen molar-refractivity contribution >= 4 is 38.2 Å². The van der Waals surface area contributed by atoms with Crippen molar-refractivity contribution in [3.8, 4) is 6.07 Å². The highest BCUT2D eigenvalue weighted by molar-refractivity contribution is 9.10. The molecule has 4 bridgehead atoms. The monoisotopic (exact) mass is 446 g/mol. The van der Waals surface area contributed by atoms with Crippen LogP contribution < -0.4 is 5.32 Å². The first-order chi connectivity index (χ1) is 13.0. The molecular formula is C22H27BrN2OS. The Hall–Kier alpha value is -0.860. The van der Waals surface area contributed by atoms with Gasteiger partial charge in [-0.15, -0.1) is 11.3 Å². The van der Waals surface area contributed by atoms with Gasteiger partial charge in [-0.05, 0) is 87.0 Å². The molecule has 27 heavy (non-hydrogen) atoms. The van der Waals surface area contributed by atoms with Crippen molar-refractivity contribution in [1.29, 1.82) is 5.26 Å². The average Bonchev–Trinajstić information content (AvgIpc) is 2.72. The van der Waals surface area contributed by atoms with E-state index in [9.17, 15) is 10.1 Å². The van der Waals surface area contributed by atoms with Gasteiger partial charge in [-0.3, -0.25) is 4.79 Å². The Morgan fingerprint density at radius 2 is 1.93 bits per heavy atom. The minimum atomic E-state index is 0.126. The number of halogens is 1. The van der Waals surface area contributed by atoms with E-state index in [1.165, 1.54) is 55.4 Å². The first-order valence-electron chi connectivity index (χ1n) is 10.5. The molecule has 4 atom stereocenters. The van der Waals surface area contributed by atoms with Crippen molar-refractivity contribution in [2.24, 2.45) is 17.3 Å². The van der Waals surface area contributed by atoms with Gasteiger partial charge in [-0.25, -0.2) is 0 Å². The fourth-order valence-corrected chi connectivity index (χ4v) is 9.77. The van der Waals surface area contributed by atoms with Gasteiger partial charge in [0.15, 0.2) is 0 Å². The number of fused-ring (bicyclic) bond motifs is 1. The molecule has 1 N–H and O–H groups in total. The third-order valence-electron chi connectivity index (χ3n) is 7.43. The molecule has 4 saturated carbocycles. The molecule has 144 valence electrons. The van der Waals surface area contributed by atoms with Crippen LogP contribution in [0.25, 0.3) is 0 Å². The summed E-state index contributed by atoms with van der Waals surface area (Å²) in [5.41, 5.74) is 2.14. The van der Waals surface area contributed by atoms with Crippen molar-refractivity contribution in [3.63, 3.8) is 0 Å². The number of nitriles is 1. The maximum atomic E-state index is 13.0. The van der Waals surface area contributed by atoms with Gasteiger partial charge in [-0.2, -0.15) is 5.26 Å². The van der Waals surface area contributed by atoms with Gasteiger partial charge >= 0.3 is 0 Å². The van der Waals surface area contributed by atoms with Crippen LogP contribution in [0, 0.1) is 28.6 Å². The third kappa shape index (κ3) is 3.27. The summed E-state index contributed by atoms with van der Waals surface area (Å²) in [7, 11) is 0. The van der Waals surface area contributed by atoms with E-state index >= 15 is 0 Å². The van der Waals surface area contributed by atoms with E-state index in [2.05, 4.69) is 27.3 Å². The van der Waals surface area contributed by atoms with Crippen molar-refractivity contribution in [3.05, 3.63) is 16.0 Å². The Morgan fingerprint density at radius 3 is 2.63 bits per heavy atom. The van der Waals surface area contributed by atoms with E-state index < -0.39 is 0 Å². The molecule has 0 radical (unpaired) electrons. The number of rotatable bonds is 3. The first kappa shape index (κ1) is 18.2. The van der Waals surface area contributed by atoms with Crippen molar-refractivity contribution in [2.75, 3.05) is 5.32 Å². The van der Waals surface area contributed by atoms with Crippen LogP contribution in [0.1, 0.15) is 80.2 Å². The lowest BCUT2D eigenvalue weighted by Crippen LogP contribution is -2.53. The highest BCUT2D eigenvalue weighted by atomic mass is 79.9. The zero-order chi connectivity index (χ0) is 18.6. The molecule has 5 aliphatic carbocycles. The average molecular weight is 447 g/mol. The topological polar surface area (TPSA) is 52.9 Å². The summed E-state index contributed by atoms with van der Waals surface area (Å²) >= 11 is 5.70. The Bertz CT molecular complexity index is 809. The molecule has 2 unspecified atom stereocenters. The number of hydrogen-bond donors (Lipinski definition) is 1. The number of thiophene rings is 1. The summed E-state index contributed by atoms with van der Waals surface area (Å²) < 4.78 is 0.287. The van der Waals surface area contributed by atoms with Gasteiger partial charge in [0.05, 0.1) is 5.56 Å². The van der Waals surface area contributed by atoms with Crippen LogP contribution in [0.4, 0.5) is 5.00 Å². The molecule has 5 heteroatoms. The number of alkyl halides is 1. The number of carbonyl (C=O) groups is 1. The predicted octanol–water partition coefficient (Wildman–Crippen LogP) is 5.95. The van der Waals surface area contributed by atoms with E-state index in [0.717, 1.165) is 48.1 Å². The fraction of sp³-hybridized carbons (Fsp3) is 0.727. The Morgan fingerprint density at radius 1 is 1.19 bits per heavy atom. The lowest BCUT2D eigenvalue weighted by molar-refractivity contribution is -0.123. The zero-order valence-corrected chi connectivity index (χ0v) is 18.2. The van der Waals surface area contributed by atoms with E-state index in [4.69, 9.17) is 0 Å². The summed E-state index contributed by atoms with van der Waals surface area (Å²) in [5.74, 6) is 1.72. The van der Waals surface area contributed by atoms with Gasteiger partial charge < -0.3 is 5.32 Å². The molecule has 0 spiro atoms. The maximum absolute atomic E-state index is 13.0. The third-order valence-corrected chi connectivity index (χ3v) is 9.57. The number of hydrogen-bond acceptors (Lipinski definition) is 3. The van der Waals surface area contributed by atoms with E-state index in [1.54, 1.807) is 11.3 Å². The molecule has 0 aliphatic heterocycles. The summed E-state index contributed by atoms with van der Waals surface area (Å²) in [6.45, 7) is 0. The quantitative estimate of drug-likeness (QED) is 0.460. The van der Waals surface area contributed by atoms with Crippen LogP contribution in [0.3, 0.4) is 0 Å². The lowest BCUT2D eigenvalue weighted by atomic mass is 9.48. The minimum Gasteiger partial charge on any atom is -0.317 e. The SMILES string of the molecule is N#Cc1c(NC(=O)CC23C[C@@H]4C[C@@H](CC(Br)(C4)C2)C3)sc2c1CCCCC2. The number of amides is 1. The summed E-state index contributed by atoms with van der Waals surface area (Å²) in [4.78, 5) is 14.3. The number of carbonyl (C=O) groups excluding carboxylic acids is 1. The maximum Gasteiger partial charge on any atom is 0.225 e. The van der Waals surface area contributed by atoms with Gasteiger partial charge in [0.2, 0.25) is 5.91 Å². The molecule has 1 aromatic heterocycles. The van der Waals surface area contributed by atoms with E-state index in [1.807, 2.05) is 0 Å². The molecule has 1 aromatic rings. The zero-order valence-electron chi connectivity index (χ0n) is 15.8. The summed E-state index contributed by atoms with van der Waals surface area (Å²) in [6, 6.07) is 2.39.